The highest BCUT2D eigenvalue weighted by atomic mass is 16.5. The summed E-state index contributed by atoms with van der Waals surface area (Å²) in [7, 11) is 6.36. The molecule has 7 aromatic rings. The van der Waals surface area contributed by atoms with Crippen LogP contribution >= 0.6 is 0 Å². The molecular formula is C40H32N2O8. The van der Waals surface area contributed by atoms with E-state index in [0.29, 0.717) is 79.8 Å². The molecule has 0 radical (unpaired) electrons. The first-order valence-corrected chi connectivity index (χ1v) is 15.6. The van der Waals surface area contributed by atoms with Crippen molar-refractivity contribution in [3.05, 3.63) is 121 Å². The maximum atomic E-state index is 13.6. The van der Waals surface area contributed by atoms with Crippen LogP contribution in [0.15, 0.2) is 130 Å². The predicted octanol–water partition coefficient (Wildman–Crippen LogP) is 6.28. The third-order valence-corrected chi connectivity index (χ3v) is 8.39. The molecule has 10 nitrogen and oxygen atoms in total. The number of methoxy groups -OCH3 is 4. The molecule has 7 rings (SSSR count). The van der Waals surface area contributed by atoms with E-state index in [-0.39, 0.29) is 0 Å². The summed E-state index contributed by atoms with van der Waals surface area (Å²) in [6, 6.07) is 36.4. The Morgan fingerprint density at radius 3 is 0.900 bits per heavy atom. The number of nitrogens with zero attached hydrogens (tertiary/aromatic N) is 2. The molecule has 0 amide bonds. The SMILES string of the molecule is COc1ccc(-c2oc([O-])c(-c3ccc(OC)cc3)[n+]2-c2ccc(-[n+]3c(-c4ccc(OC)cc4)oc([O-])c3-c3ccc(OC)cc3)cc2)cc1. The molecule has 2 aromatic heterocycles. The molecule has 10 heteroatoms. The Balaban J connectivity index is 1.40. The Kier molecular flexibility index (Phi) is 8.57. The molecule has 0 spiro atoms. The largest absolute Gasteiger partial charge is 0.540 e. The van der Waals surface area contributed by atoms with E-state index in [1.165, 1.54) is 0 Å². The van der Waals surface area contributed by atoms with Crippen LogP contribution < -0.4 is 38.3 Å². The fourth-order valence-corrected chi connectivity index (χ4v) is 5.83. The van der Waals surface area contributed by atoms with E-state index in [1.54, 1.807) is 86.1 Å². The topological polar surface area (TPSA) is 117 Å². The summed E-state index contributed by atoms with van der Waals surface area (Å²) in [5, 5.41) is 27.1. The van der Waals surface area contributed by atoms with Crippen molar-refractivity contribution in [2.45, 2.75) is 0 Å². The zero-order valence-corrected chi connectivity index (χ0v) is 27.7. The third kappa shape index (κ3) is 5.83. The molecule has 2 heterocycles. The van der Waals surface area contributed by atoms with Gasteiger partial charge < -0.3 is 38.0 Å². The van der Waals surface area contributed by atoms with Gasteiger partial charge in [-0.3, -0.25) is 0 Å². The van der Waals surface area contributed by atoms with Crippen LogP contribution in [0.4, 0.5) is 0 Å². The minimum atomic E-state index is -0.506. The van der Waals surface area contributed by atoms with Crippen LogP contribution in [0.1, 0.15) is 0 Å². The molecule has 0 bridgehead atoms. The Hall–Kier alpha value is -6.68. The summed E-state index contributed by atoms with van der Waals surface area (Å²) in [6.45, 7) is 0. The molecule has 0 saturated heterocycles. The minimum absolute atomic E-state index is 0.335. The lowest BCUT2D eigenvalue weighted by atomic mass is 10.1. The summed E-state index contributed by atoms with van der Waals surface area (Å²) < 4.78 is 36.8. The Labute approximate surface area is 288 Å². The Morgan fingerprint density at radius 2 is 0.640 bits per heavy atom. The molecule has 50 heavy (non-hydrogen) atoms. The van der Waals surface area contributed by atoms with Crippen LogP contribution in [-0.2, 0) is 0 Å². The van der Waals surface area contributed by atoms with Gasteiger partial charge in [0.2, 0.25) is 22.8 Å². The molecule has 0 aliphatic carbocycles. The smallest absolute Gasteiger partial charge is 0.275 e. The second kappa shape index (κ2) is 13.4. The van der Waals surface area contributed by atoms with E-state index in [4.69, 9.17) is 27.8 Å². The lowest BCUT2D eigenvalue weighted by molar-refractivity contribution is -0.580. The quantitative estimate of drug-likeness (QED) is 0.157. The van der Waals surface area contributed by atoms with Crippen molar-refractivity contribution in [1.29, 1.82) is 0 Å². The van der Waals surface area contributed by atoms with Crippen LogP contribution in [0.25, 0.3) is 56.8 Å². The van der Waals surface area contributed by atoms with Gasteiger partial charge in [0.15, 0.2) is 0 Å². The monoisotopic (exact) mass is 668 g/mol. The Morgan fingerprint density at radius 1 is 0.380 bits per heavy atom. The van der Waals surface area contributed by atoms with Gasteiger partial charge >= 0.3 is 0 Å². The molecule has 0 fully saturated rings. The fraction of sp³-hybridized carbons (Fsp3) is 0.100. The zero-order valence-electron chi connectivity index (χ0n) is 27.7. The summed E-state index contributed by atoms with van der Waals surface area (Å²) in [5.74, 6) is 2.33. The molecule has 0 aliphatic heterocycles. The molecule has 0 N–H and O–H groups in total. The molecule has 0 saturated carbocycles. The minimum Gasteiger partial charge on any atom is -0.540 e. The van der Waals surface area contributed by atoms with Gasteiger partial charge in [-0.2, -0.15) is 0 Å². The summed E-state index contributed by atoms with van der Waals surface area (Å²) in [6.07, 6.45) is 0. The van der Waals surface area contributed by atoms with Crippen LogP contribution in [0.2, 0.25) is 0 Å². The van der Waals surface area contributed by atoms with E-state index in [2.05, 4.69) is 0 Å². The summed E-state index contributed by atoms with van der Waals surface area (Å²) >= 11 is 0. The second-order valence-electron chi connectivity index (χ2n) is 11.2. The van der Waals surface area contributed by atoms with Crippen molar-refractivity contribution >= 4 is 0 Å². The number of oxazole rings is 2. The Bertz CT molecular complexity index is 2070. The normalized spacial score (nSPS) is 11.0. The van der Waals surface area contributed by atoms with Crippen molar-refractivity contribution in [3.8, 4) is 91.7 Å². The number of rotatable bonds is 10. The number of ether oxygens (including phenoxy) is 4. The molecule has 0 aliphatic rings. The van der Waals surface area contributed by atoms with E-state index in [9.17, 15) is 10.2 Å². The average molecular weight is 669 g/mol. The number of aromatic nitrogens is 2. The lowest BCUT2D eigenvalue weighted by Crippen LogP contribution is -2.36. The van der Waals surface area contributed by atoms with E-state index in [1.807, 2.05) is 72.8 Å². The van der Waals surface area contributed by atoms with Gasteiger partial charge in [-0.1, -0.05) is 0 Å². The number of hydrogen-bond acceptors (Lipinski definition) is 8. The van der Waals surface area contributed by atoms with Gasteiger partial charge in [0.1, 0.15) is 34.9 Å². The van der Waals surface area contributed by atoms with Crippen LogP contribution in [0.3, 0.4) is 0 Å². The van der Waals surface area contributed by atoms with Crippen LogP contribution in [-0.4, -0.2) is 28.4 Å². The zero-order chi connectivity index (χ0) is 34.8. The van der Waals surface area contributed by atoms with Crippen molar-refractivity contribution in [2.75, 3.05) is 28.4 Å². The molecular weight excluding hydrogens is 636 g/mol. The lowest BCUT2D eigenvalue weighted by Gasteiger charge is -2.07. The maximum Gasteiger partial charge on any atom is 0.275 e. The van der Waals surface area contributed by atoms with E-state index in [0.717, 1.165) is 0 Å². The van der Waals surface area contributed by atoms with Crippen molar-refractivity contribution < 1.29 is 47.1 Å². The van der Waals surface area contributed by atoms with Gasteiger partial charge in [0.05, 0.1) is 39.6 Å². The molecule has 0 unspecified atom stereocenters. The third-order valence-electron chi connectivity index (χ3n) is 8.39. The highest BCUT2D eigenvalue weighted by Crippen LogP contribution is 2.36. The maximum absolute atomic E-state index is 13.6. The fourth-order valence-electron chi connectivity index (χ4n) is 5.83. The van der Waals surface area contributed by atoms with Gasteiger partial charge in [-0.25, -0.2) is 0 Å². The van der Waals surface area contributed by atoms with E-state index >= 15 is 0 Å². The molecule has 5 aromatic carbocycles. The standard InChI is InChI=1S/C40H32N2O8/c1-45-31-17-5-25(6-18-31)35-39(43)49-37(27-9-21-33(47-3)22-10-27)41(35)29-13-15-30(16-14-29)42-36(26-7-19-32(46-2)20-8-26)40(44)50-38(42)28-11-23-34(48-4)24-12-28/h5-24H,1-4H3. The first-order valence-electron chi connectivity index (χ1n) is 15.6. The first-order chi connectivity index (χ1) is 24.4. The van der Waals surface area contributed by atoms with Gasteiger partial charge in [-0.05, 0) is 97.1 Å². The average Bonchev–Trinajstić information content (AvgIpc) is 3.71. The van der Waals surface area contributed by atoms with E-state index < -0.39 is 11.9 Å². The van der Waals surface area contributed by atoms with Gasteiger partial charge in [-0.15, -0.1) is 9.13 Å². The predicted molar refractivity (Wildman–Crippen MR) is 181 cm³/mol. The van der Waals surface area contributed by atoms with Crippen molar-refractivity contribution in [2.24, 2.45) is 0 Å². The second-order valence-corrected chi connectivity index (χ2v) is 11.2. The molecule has 250 valence electrons. The van der Waals surface area contributed by atoms with Crippen molar-refractivity contribution in [3.63, 3.8) is 0 Å². The first kappa shape index (κ1) is 31.9. The van der Waals surface area contributed by atoms with Gasteiger partial charge in [0.25, 0.3) is 11.8 Å². The van der Waals surface area contributed by atoms with Crippen LogP contribution in [0, 0.1) is 0 Å². The number of benzene rings is 5. The van der Waals surface area contributed by atoms with Crippen molar-refractivity contribution in [1.82, 2.24) is 0 Å². The summed E-state index contributed by atoms with van der Waals surface area (Å²) in [5.41, 5.74) is 4.62. The number of hydrogen-bond donors (Lipinski definition) is 0. The van der Waals surface area contributed by atoms with Crippen LogP contribution in [0.5, 0.6) is 34.9 Å². The highest BCUT2D eigenvalue weighted by Gasteiger charge is 2.30. The summed E-state index contributed by atoms with van der Waals surface area (Å²) in [4.78, 5) is 0. The van der Waals surface area contributed by atoms with Gasteiger partial charge in [0, 0.05) is 35.4 Å². The molecule has 0 atom stereocenters. The highest BCUT2D eigenvalue weighted by molar-refractivity contribution is 5.66.